The summed E-state index contributed by atoms with van der Waals surface area (Å²) in [6, 6.07) is 11.0. The van der Waals surface area contributed by atoms with Gasteiger partial charge >= 0.3 is 0 Å². The fraction of sp³-hybridized carbons (Fsp3) is 0.550. The number of aliphatic hydroxyl groups excluding tert-OH is 1. The van der Waals surface area contributed by atoms with Crippen molar-refractivity contribution in [2.45, 2.75) is 45.1 Å². The average molecular weight is 327 g/mol. The van der Waals surface area contributed by atoms with Crippen molar-refractivity contribution in [2.75, 3.05) is 26.2 Å². The lowest BCUT2D eigenvalue weighted by molar-refractivity contribution is 0.204. The molecule has 4 nitrogen and oxygen atoms in total. The van der Waals surface area contributed by atoms with Crippen LogP contribution < -0.4 is 0 Å². The maximum absolute atomic E-state index is 9.14. The van der Waals surface area contributed by atoms with Crippen LogP contribution in [0.1, 0.15) is 42.0 Å². The maximum atomic E-state index is 9.14. The fourth-order valence-corrected chi connectivity index (χ4v) is 3.80. The summed E-state index contributed by atoms with van der Waals surface area (Å²) in [4.78, 5) is 2.60. The van der Waals surface area contributed by atoms with E-state index in [2.05, 4.69) is 47.3 Å². The van der Waals surface area contributed by atoms with Gasteiger partial charge in [0.15, 0.2) is 0 Å². The van der Waals surface area contributed by atoms with Crippen molar-refractivity contribution in [2.24, 2.45) is 0 Å². The van der Waals surface area contributed by atoms with E-state index in [0.29, 0.717) is 12.5 Å². The minimum absolute atomic E-state index is 0.159. The van der Waals surface area contributed by atoms with Crippen molar-refractivity contribution in [3.05, 3.63) is 53.3 Å². The molecule has 0 atom stereocenters. The van der Waals surface area contributed by atoms with E-state index in [1.165, 1.54) is 62.1 Å². The van der Waals surface area contributed by atoms with Crippen LogP contribution in [0.3, 0.4) is 0 Å². The second-order valence-electron chi connectivity index (χ2n) is 6.91. The van der Waals surface area contributed by atoms with E-state index >= 15 is 0 Å². The van der Waals surface area contributed by atoms with Crippen molar-refractivity contribution in [3.8, 4) is 0 Å². The Morgan fingerprint density at radius 2 is 2.00 bits per heavy atom. The van der Waals surface area contributed by atoms with Crippen LogP contribution in [0.4, 0.5) is 0 Å². The predicted molar refractivity (Wildman–Crippen MR) is 97.2 cm³/mol. The van der Waals surface area contributed by atoms with Gasteiger partial charge in [0.25, 0.3) is 0 Å². The molecule has 1 aromatic carbocycles. The summed E-state index contributed by atoms with van der Waals surface area (Å²) in [7, 11) is 0. The molecule has 0 saturated carbocycles. The first kappa shape index (κ1) is 17.2. The lowest BCUT2D eigenvalue weighted by atomic mass is 9.93. The smallest absolute Gasteiger partial charge is 0.0644 e. The molecule has 1 aliphatic heterocycles. The first-order valence-corrected chi connectivity index (χ1v) is 9.17. The van der Waals surface area contributed by atoms with Crippen molar-refractivity contribution < 1.29 is 5.11 Å². The molecular formula is C20H29N3O. The third kappa shape index (κ3) is 4.46. The molecule has 1 aromatic heterocycles. The highest BCUT2D eigenvalue weighted by Gasteiger charge is 2.22. The molecule has 0 radical (unpaired) electrons. The van der Waals surface area contributed by atoms with Gasteiger partial charge in [0.05, 0.1) is 13.2 Å². The second kappa shape index (κ2) is 8.45. The summed E-state index contributed by atoms with van der Waals surface area (Å²) < 4.78 is 1.97. The van der Waals surface area contributed by atoms with Crippen LogP contribution in [-0.2, 0) is 13.0 Å². The molecule has 0 unspecified atom stereocenters. The van der Waals surface area contributed by atoms with Gasteiger partial charge < -0.3 is 10.0 Å². The lowest BCUT2D eigenvalue weighted by Crippen LogP contribution is -2.34. The molecular weight excluding hydrogens is 298 g/mol. The molecule has 0 spiro atoms. The van der Waals surface area contributed by atoms with Gasteiger partial charge in [0, 0.05) is 17.8 Å². The number of aryl methyl sites for hydroxylation is 2. The molecule has 3 rings (SSSR count). The largest absolute Gasteiger partial charge is 0.394 e. The van der Waals surface area contributed by atoms with Crippen molar-refractivity contribution in [1.29, 1.82) is 0 Å². The summed E-state index contributed by atoms with van der Waals surface area (Å²) in [5, 5.41) is 13.5. The van der Waals surface area contributed by atoms with Crippen LogP contribution in [-0.4, -0.2) is 46.0 Å². The summed E-state index contributed by atoms with van der Waals surface area (Å²) in [5.74, 6) is 0.590. The standard InChI is InChI=1S/C20H29N3O/c1-17-4-2-5-18(16-17)6-3-11-22-12-8-19(9-13-22)20-7-10-21-23(20)14-15-24/h2,4-5,7,10,16,19,24H,3,6,8-9,11-15H2,1H3. The molecule has 130 valence electrons. The van der Waals surface area contributed by atoms with Crippen LogP contribution in [0.2, 0.25) is 0 Å². The van der Waals surface area contributed by atoms with Crippen molar-refractivity contribution in [1.82, 2.24) is 14.7 Å². The van der Waals surface area contributed by atoms with Gasteiger partial charge in [-0.25, -0.2) is 0 Å². The highest BCUT2D eigenvalue weighted by molar-refractivity contribution is 5.22. The van der Waals surface area contributed by atoms with Gasteiger partial charge in [-0.15, -0.1) is 0 Å². The van der Waals surface area contributed by atoms with Gasteiger partial charge in [-0.3, -0.25) is 4.68 Å². The summed E-state index contributed by atoms with van der Waals surface area (Å²) in [6.07, 6.45) is 6.66. The summed E-state index contributed by atoms with van der Waals surface area (Å²) >= 11 is 0. The number of hydrogen-bond donors (Lipinski definition) is 1. The van der Waals surface area contributed by atoms with Crippen LogP contribution in [0.5, 0.6) is 0 Å². The lowest BCUT2D eigenvalue weighted by Gasteiger charge is -2.32. The third-order valence-corrected chi connectivity index (χ3v) is 5.09. The Kier molecular flexibility index (Phi) is 6.05. The zero-order valence-electron chi connectivity index (χ0n) is 14.7. The van der Waals surface area contributed by atoms with E-state index in [0.717, 1.165) is 0 Å². The zero-order chi connectivity index (χ0) is 16.8. The van der Waals surface area contributed by atoms with E-state index in [1.807, 2.05) is 10.9 Å². The highest BCUT2D eigenvalue weighted by Crippen LogP contribution is 2.27. The molecule has 1 fully saturated rings. The van der Waals surface area contributed by atoms with Gasteiger partial charge in [0.1, 0.15) is 0 Å². The Morgan fingerprint density at radius 1 is 1.17 bits per heavy atom. The first-order chi connectivity index (χ1) is 11.8. The Morgan fingerprint density at radius 3 is 2.75 bits per heavy atom. The third-order valence-electron chi connectivity index (χ3n) is 5.09. The number of rotatable bonds is 7. The first-order valence-electron chi connectivity index (χ1n) is 9.17. The van der Waals surface area contributed by atoms with Crippen molar-refractivity contribution in [3.63, 3.8) is 0 Å². The number of piperidine rings is 1. The average Bonchev–Trinajstić information content (AvgIpc) is 3.04. The number of benzene rings is 1. The van der Waals surface area contributed by atoms with E-state index in [9.17, 15) is 0 Å². The molecule has 24 heavy (non-hydrogen) atoms. The Balaban J connectivity index is 1.43. The maximum Gasteiger partial charge on any atom is 0.0644 e. The van der Waals surface area contributed by atoms with Gasteiger partial charge in [0.2, 0.25) is 0 Å². The molecule has 1 saturated heterocycles. The molecule has 1 N–H and O–H groups in total. The molecule has 0 amide bonds. The SMILES string of the molecule is Cc1cccc(CCCN2CCC(c3ccnn3CCO)CC2)c1. The molecule has 1 aliphatic rings. The minimum atomic E-state index is 0.159. The second-order valence-corrected chi connectivity index (χ2v) is 6.91. The minimum Gasteiger partial charge on any atom is -0.394 e. The van der Waals surface area contributed by atoms with E-state index in [4.69, 9.17) is 5.11 Å². The molecule has 0 bridgehead atoms. The van der Waals surface area contributed by atoms with Crippen LogP contribution in [0, 0.1) is 6.92 Å². The molecule has 2 heterocycles. The van der Waals surface area contributed by atoms with Crippen LogP contribution >= 0.6 is 0 Å². The monoisotopic (exact) mass is 327 g/mol. The number of likely N-dealkylation sites (tertiary alicyclic amines) is 1. The van der Waals surface area contributed by atoms with Gasteiger partial charge in [-0.05, 0) is 63.9 Å². The summed E-state index contributed by atoms with van der Waals surface area (Å²) in [6.45, 7) is 6.46. The van der Waals surface area contributed by atoms with E-state index in [-0.39, 0.29) is 6.61 Å². The van der Waals surface area contributed by atoms with E-state index in [1.54, 1.807) is 0 Å². The van der Waals surface area contributed by atoms with Crippen LogP contribution in [0.25, 0.3) is 0 Å². The number of aromatic nitrogens is 2. The van der Waals surface area contributed by atoms with Crippen LogP contribution in [0.15, 0.2) is 36.5 Å². The zero-order valence-corrected chi connectivity index (χ0v) is 14.7. The Hall–Kier alpha value is -1.65. The quantitative estimate of drug-likeness (QED) is 0.850. The topological polar surface area (TPSA) is 41.3 Å². The van der Waals surface area contributed by atoms with Crippen molar-refractivity contribution >= 4 is 0 Å². The molecule has 4 heteroatoms. The number of aliphatic hydroxyl groups is 1. The predicted octanol–water partition coefficient (Wildman–Crippen LogP) is 3.00. The number of nitrogens with zero attached hydrogens (tertiary/aromatic N) is 3. The van der Waals surface area contributed by atoms with E-state index < -0.39 is 0 Å². The van der Waals surface area contributed by atoms with Gasteiger partial charge in [-0.1, -0.05) is 29.8 Å². The highest BCUT2D eigenvalue weighted by atomic mass is 16.3. The summed E-state index contributed by atoms with van der Waals surface area (Å²) in [5.41, 5.74) is 4.11. The fourth-order valence-electron chi connectivity index (χ4n) is 3.80. The molecule has 0 aliphatic carbocycles. The Labute approximate surface area is 145 Å². The van der Waals surface area contributed by atoms with Gasteiger partial charge in [-0.2, -0.15) is 5.10 Å². The molecule has 2 aromatic rings. The Bertz CT molecular complexity index is 629. The number of hydrogen-bond acceptors (Lipinski definition) is 3. The normalized spacial score (nSPS) is 16.6.